The Bertz CT molecular complexity index is 481. The zero-order valence-corrected chi connectivity index (χ0v) is 13.4. The first kappa shape index (κ1) is 15.9. The molecule has 1 aromatic rings. The lowest BCUT2D eigenvalue weighted by atomic mass is 10.2. The molecule has 0 aliphatic carbocycles. The van der Waals surface area contributed by atoms with Gasteiger partial charge in [-0.25, -0.2) is 0 Å². The summed E-state index contributed by atoms with van der Waals surface area (Å²) in [5.41, 5.74) is 0.516. The lowest BCUT2D eigenvalue weighted by Gasteiger charge is -2.22. The number of benzene rings is 1. The van der Waals surface area contributed by atoms with E-state index in [2.05, 4.69) is 4.90 Å². The fourth-order valence-electron chi connectivity index (χ4n) is 2.35. The van der Waals surface area contributed by atoms with Crippen LogP contribution < -0.4 is 0 Å². The van der Waals surface area contributed by atoms with Crippen molar-refractivity contribution in [1.29, 1.82) is 0 Å². The van der Waals surface area contributed by atoms with Crippen LogP contribution in [0.15, 0.2) is 18.2 Å². The molecule has 2 rings (SSSR count). The predicted octanol–water partition coefficient (Wildman–Crippen LogP) is 3.38. The van der Waals surface area contributed by atoms with E-state index in [1.54, 1.807) is 18.2 Å². The van der Waals surface area contributed by atoms with Crippen LogP contribution in [0.25, 0.3) is 0 Å². The van der Waals surface area contributed by atoms with E-state index in [4.69, 9.17) is 34.8 Å². The molecule has 0 radical (unpaired) electrons. The topological polar surface area (TPSA) is 23.6 Å². The van der Waals surface area contributed by atoms with Gasteiger partial charge in [-0.2, -0.15) is 0 Å². The highest BCUT2D eigenvalue weighted by molar-refractivity contribution is 6.36. The monoisotopic (exact) mass is 334 g/mol. The summed E-state index contributed by atoms with van der Waals surface area (Å²) in [6.07, 6.45) is 0.952. The third kappa shape index (κ3) is 4.01. The van der Waals surface area contributed by atoms with Crippen molar-refractivity contribution in [2.45, 2.75) is 6.42 Å². The van der Waals surface area contributed by atoms with Gasteiger partial charge in [0.1, 0.15) is 0 Å². The summed E-state index contributed by atoms with van der Waals surface area (Å²) >= 11 is 17.7. The Balaban J connectivity index is 2.05. The number of amides is 1. The molecule has 0 spiro atoms. The Labute approximate surface area is 134 Å². The van der Waals surface area contributed by atoms with Gasteiger partial charge in [-0.05, 0) is 31.2 Å². The summed E-state index contributed by atoms with van der Waals surface area (Å²) in [5.74, 6) is 0.594. The molecular weight excluding hydrogens is 319 g/mol. The van der Waals surface area contributed by atoms with E-state index < -0.39 is 0 Å². The summed E-state index contributed by atoms with van der Waals surface area (Å²) in [6, 6.07) is 4.99. The molecule has 0 saturated carbocycles. The summed E-state index contributed by atoms with van der Waals surface area (Å²) < 4.78 is 0. The standard InChI is InChI=1S/C14H17Cl3N2O/c15-4-7-18-5-1-6-19(9-8-18)14(20)12-3-2-11(16)10-13(12)17/h2-3,10H,1,4-9H2. The minimum Gasteiger partial charge on any atom is -0.337 e. The SMILES string of the molecule is O=C(c1ccc(Cl)cc1Cl)N1CCCN(CCCl)CC1. The average Bonchev–Trinajstić information content (AvgIpc) is 2.64. The highest BCUT2D eigenvalue weighted by atomic mass is 35.5. The summed E-state index contributed by atoms with van der Waals surface area (Å²) in [5, 5.41) is 0.945. The number of rotatable bonds is 3. The Morgan fingerprint density at radius 3 is 2.65 bits per heavy atom. The van der Waals surface area contributed by atoms with E-state index in [0.717, 1.165) is 32.6 Å². The van der Waals surface area contributed by atoms with Crippen molar-refractivity contribution < 1.29 is 4.79 Å². The van der Waals surface area contributed by atoms with Gasteiger partial charge in [0.05, 0.1) is 10.6 Å². The third-order valence-corrected chi connectivity index (χ3v) is 4.15. The molecule has 110 valence electrons. The highest BCUT2D eigenvalue weighted by Gasteiger charge is 2.21. The van der Waals surface area contributed by atoms with Gasteiger partial charge in [0.15, 0.2) is 0 Å². The maximum absolute atomic E-state index is 12.5. The van der Waals surface area contributed by atoms with E-state index in [-0.39, 0.29) is 5.91 Å². The summed E-state index contributed by atoms with van der Waals surface area (Å²) in [7, 11) is 0. The summed E-state index contributed by atoms with van der Waals surface area (Å²) in [6.45, 7) is 4.14. The van der Waals surface area contributed by atoms with Gasteiger partial charge in [0.2, 0.25) is 0 Å². The normalized spacial score (nSPS) is 17.1. The molecule has 1 saturated heterocycles. The van der Waals surface area contributed by atoms with Gasteiger partial charge in [-0.15, -0.1) is 11.6 Å². The molecule has 6 heteroatoms. The highest BCUT2D eigenvalue weighted by Crippen LogP contribution is 2.22. The molecule has 0 N–H and O–H groups in total. The van der Waals surface area contributed by atoms with Crippen LogP contribution in [0.2, 0.25) is 10.0 Å². The number of alkyl halides is 1. The van der Waals surface area contributed by atoms with Gasteiger partial charge in [-0.1, -0.05) is 23.2 Å². The smallest absolute Gasteiger partial charge is 0.255 e. The van der Waals surface area contributed by atoms with E-state index in [1.165, 1.54) is 0 Å². The Morgan fingerprint density at radius 1 is 1.15 bits per heavy atom. The quantitative estimate of drug-likeness (QED) is 0.791. The number of hydrogen-bond acceptors (Lipinski definition) is 2. The van der Waals surface area contributed by atoms with Crippen LogP contribution in [0.1, 0.15) is 16.8 Å². The maximum Gasteiger partial charge on any atom is 0.255 e. The number of carbonyl (C=O) groups is 1. The molecule has 0 bridgehead atoms. The van der Waals surface area contributed by atoms with E-state index in [0.29, 0.717) is 28.0 Å². The van der Waals surface area contributed by atoms with Crippen molar-refractivity contribution in [1.82, 2.24) is 9.80 Å². The first-order valence-corrected chi connectivity index (χ1v) is 7.93. The van der Waals surface area contributed by atoms with Gasteiger partial charge in [-0.3, -0.25) is 4.79 Å². The first-order chi connectivity index (χ1) is 9.61. The van der Waals surface area contributed by atoms with Gasteiger partial charge < -0.3 is 9.80 Å². The lowest BCUT2D eigenvalue weighted by molar-refractivity contribution is 0.0762. The minimum atomic E-state index is -0.0283. The van der Waals surface area contributed by atoms with Crippen LogP contribution in [0.3, 0.4) is 0 Å². The Hall–Kier alpha value is -0.480. The Kier molecular flexibility index (Phi) is 5.97. The molecule has 0 aromatic heterocycles. The number of halogens is 3. The molecule has 0 atom stereocenters. The predicted molar refractivity (Wildman–Crippen MR) is 84.1 cm³/mol. The van der Waals surface area contributed by atoms with E-state index in [9.17, 15) is 4.79 Å². The minimum absolute atomic E-state index is 0.0283. The largest absolute Gasteiger partial charge is 0.337 e. The van der Waals surface area contributed by atoms with Crippen LogP contribution in [-0.4, -0.2) is 54.3 Å². The summed E-state index contributed by atoms with van der Waals surface area (Å²) in [4.78, 5) is 16.6. The molecule has 1 fully saturated rings. The second-order valence-corrected chi connectivity index (χ2v) is 6.02. The first-order valence-electron chi connectivity index (χ1n) is 6.64. The van der Waals surface area contributed by atoms with Crippen LogP contribution in [0.5, 0.6) is 0 Å². The van der Waals surface area contributed by atoms with Crippen molar-refractivity contribution in [3.8, 4) is 0 Å². The molecule has 3 nitrogen and oxygen atoms in total. The number of hydrogen-bond donors (Lipinski definition) is 0. The van der Waals surface area contributed by atoms with E-state index >= 15 is 0 Å². The lowest BCUT2D eigenvalue weighted by Crippen LogP contribution is -2.35. The van der Waals surface area contributed by atoms with E-state index in [1.807, 2.05) is 4.90 Å². The van der Waals surface area contributed by atoms with Crippen molar-refractivity contribution in [2.75, 3.05) is 38.6 Å². The second kappa shape index (κ2) is 7.51. The Morgan fingerprint density at radius 2 is 1.95 bits per heavy atom. The van der Waals surface area contributed by atoms with Gasteiger partial charge in [0.25, 0.3) is 5.91 Å². The van der Waals surface area contributed by atoms with Crippen molar-refractivity contribution in [3.63, 3.8) is 0 Å². The van der Waals surface area contributed by atoms with Gasteiger partial charge >= 0.3 is 0 Å². The fraction of sp³-hybridized carbons (Fsp3) is 0.500. The van der Waals surface area contributed by atoms with Crippen molar-refractivity contribution in [3.05, 3.63) is 33.8 Å². The molecule has 1 aromatic carbocycles. The van der Waals surface area contributed by atoms with Crippen LogP contribution in [0.4, 0.5) is 0 Å². The molecule has 1 heterocycles. The molecule has 20 heavy (non-hydrogen) atoms. The second-order valence-electron chi connectivity index (χ2n) is 4.80. The molecule has 1 aliphatic heterocycles. The molecular formula is C14H17Cl3N2O. The van der Waals surface area contributed by atoms with Crippen molar-refractivity contribution >= 4 is 40.7 Å². The molecule has 1 aliphatic rings. The van der Waals surface area contributed by atoms with Crippen LogP contribution >= 0.6 is 34.8 Å². The molecule has 0 unspecified atom stereocenters. The maximum atomic E-state index is 12.5. The van der Waals surface area contributed by atoms with Crippen LogP contribution in [-0.2, 0) is 0 Å². The zero-order chi connectivity index (χ0) is 14.5. The number of nitrogens with zero attached hydrogens (tertiary/aromatic N) is 2. The fourth-order valence-corrected chi connectivity index (χ4v) is 3.08. The van der Waals surface area contributed by atoms with Crippen LogP contribution in [0, 0.1) is 0 Å². The van der Waals surface area contributed by atoms with Crippen molar-refractivity contribution in [2.24, 2.45) is 0 Å². The average molecular weight is 336 g/mol. The third-order valence-electron chi connectivity index (χ3n) is 3.44. The van der Waals surface area contributed by atoms with Gasteiger partial charge in [0, 0.05) is 37.1 Å². The number of carbonyl (C=O) groups excluding carboxylic acids is 1. The molecule has 1 amide bonds. The zero-order valence-electron chi connectivity index (χ0n) is 11.1.